The molecule has 0 atom stereocenters. The second-order valence-corrected chi connectivity index (χ2v) is 6.44. The van der Waals surface area contributed by atoms with Gasteiger partial charge in [0, 0.05) is 6.61 Å². The van der Waals surface area contributed by atoms with E-state index in [0.29, 0.717) is 0 Å². The van der Waals surface area contributed by atoms with Gasteiger partial charge in [0.25, 0.3) is 0 Å². The number of hydrogen-bond donors (Lipinski definition) is 1. The Hall–Kier alpha value is -0.620. The van der Waals surface area contributed by atoms with Gasteiger partial charge in [0.05, 0.1) is 5.75 Å². The van der Waals surface area contributed by atoms with E-state index in [1.54, 1.807) is 20.8 Å². The molecule has 15 heavy (non-hydrogen) atoms. The number of aliphatic hydroxyl groups excluding tert-OH is 1. The fourth-order valence-corrected chi connectivity index (χ4v) is 2.04. The number of esters is 1. The summed E-state index contributed by atoms with van der Waals surface area (Å²) >= 11 is 0. The van der Waals surface area contributed by atoms with Crippen LogP contribution < -0.4 is 0 Å². The van der Waals surface area contributed by atoms with Crippen LogP contribution in [0.5, 0.6) is 0 Å². The molecule has 0 rings (SSSR count). The molecule has 0 aliphatic rings. The maximum Gasteiger partial charge on any atom is 0.321 e. The van der Waals surface area contributed by atoms with Crippen molar-refractivity contribution in [2.75, 3.05) is 18.1 Å². The molecule has 0 aromatic carbocycles. The number of carbonyl (C=O) groups excluding carboxylic acids is 1. The fraction of sp³-hybridized carbons (Fsp3) is 0.889. The first-order chi connectivity index (χ1) is 6.66. The Bertz CT molecular complexity index is 299. The number of carbonyl (C=O) groups is 1. The molecule has 0 aliphatic carbocycles. The van der Waals surface area contributed by atoms with Crippen LogP contribution in [0.25, 0.3) is 0 Å². The Kier molecular flexibility index (Phi) is 5.23. The highest BCUT2D eigenvalue weighted by molar-refractivity contribution is 7.92. The summed E-state index contributed by atoms with van der Waals surface area (Å²) in [4.78, 5) is 11.2. The molecule has 90 valence electrons. The van der Waals surface area contributed by atoms with Crippen LogP contribution >= 0.6 is 0 Å². The standard InChI is InChI=1S/C9H18O5S/c1-9(2,3)14-8(11)7-15(12,13)6-4-5-10/h10H,4-7H2,1-3H3. The number of hydrogen-bond acceptors (Lipinski definition) is 5. The third-order valence-electron chi connectivity index (χ3n) is 1.37. The number of rotatable bonds is 5. The number of sulfone groups is 1. The van der Waals surface area contributed by atoms with Crippen LogP contribution in [0, 0.1) is 0 Å². The van der Waals surface area contributed by atoms with Crippen molar-refractivity contribution in [2.24, 2.45) is 0 Å². The molecule has 0 saturated carbocycles. The lowest BCUT2D eigenvalue weighted by atomic mass is 10.2. The van der Waals surface area contributed by atoms with Gasteiger partial charge in [-0.15, -0.1) is 0 Å². The highest BCUT2D eigenvalue weighted by Gasteiger charge is 2.22. The quantitative estimate of drug-likeness (QED) is 0.688. The largest absolute Gasteiger partial charge is 0.459 e. The highest BCUT2D eigenvalue weighted by atomic mass is 32.2. The average molecular weight is 238 g/mol. The van der Waals surface area contributed by atoms with E-state index in [1.165, 1.54) is 0 Å². The second-order valence-electron chi connectivity index (χ2n) is 4.26. The molecule has 0 bridgehead atoms. The van der Waals surface area contributed by atoms with Gasteiger partial charge in [0.2, 0.25) is 0 Å². The minimum Gasteiger partial charge on any atom is -0.459 e. The molecular formula is C9H18O5S. The van der Waals surface area contributed by atoms with Crippen LogP contribution in [0.2, 0.25) is 0 Å². The monoisotopic (exact) mass is 238 g/mol. The van der Waals surface area contributed by atoms with E-state index in [-0.39, 0.29) is 18.8 Å². The molecule has 1 N–H and O–H groups in total. The summed E-state index contributed by atoms with van der Waals surface area (Å²) in [6.07, 6.45) is 0.144. The summed E-state index contributed by atoms with van der Waals surface area (Å²) in [5, 5.41) is 8.47. The highest BCUT2D eigenvalue weighted by Crippen LogP contribution is 2.08. The predicted octanol–water partition coefficient (Wildman–Crippen LogP) is 0.125. The van der Waals surface area contributed by atoms with Crippen LogP contribution in [0.3, 0.4) is 0 Å². The molecule has 0 fully saturated rings. The van der Waals surface area contributed by atoms with Crippen molar-refractivity contribution in [3.8, 4) is 0 Å². The minimum absolute atomic E-state index is 0.144. The molecule has 0 aliphatic heterocycles. The van der Waals surface area contributed by atoms with Crippen LogP contribution in [0.15, 0.2) is 0 Å². The first-order valence-electron chi connectivity index (χ1n) is 4.69. The lowest BCUT2D eigenvalue weighted by molar-refractivity contribution is -0.151. The summed E-state index contributed by atoms with van der Waals surface area (Å²) in [5.74, 6) is -1.56. The van der Waals surface area contributed by atoms with Crippen molar-refractivity contribution < 1.29 is 23.1 Å². The van der Waals surface area contributed by atoms with E-state index in [9.17, 15) is 13.2 Å². The van der Waals surface area contributed by atoms with Crippen molar-refractivity contribution in [1.82, 2.24) is 0 Å². The number of ether oxygens (including phenoxy) is 1. The summed E-state index contributed by atoms with van der Waals surface area (Å²) in [5.41, 5.74) is -0.677. The van der Waals surface area contributed by atoms with E-state index in [1.807, 2.05) is 0 Å². The molecule has 0 aromatic rings. The lowest BCUT2D eigenvalue weighted by Crippen LogP contribution is -2.29. The summed E-state index contributed by atoms with van der Waals surface area (Å²) in [7, 11) is -3.45. The van der Waals surface area contributed by atoms with E-state index in [4.69, 9.17) is 9.84 Å². The first-order valence-corrected chi connectivity index (χ1v) is 6.51. The zero-order valence-corrected chi connectivity index (χ0v) is 10.1. The first kappa shape index (κ1) is 14.4. The third-order valence-corrected chi connectivity index (χ3v) is 2.96. The van der Waals surface area contributed by atoms with Crippen molar-refractivity contribution >= 4 is 15.8 Å². The van der Waals surface area contributed by atoms with Gasteiger partial charge in [-0.2, -0.15) is 0 Å². The van der Waals surface area contributed by atoms with E-state index >= 15 is 0 Å². The fourth-order valence-electron chi connectivity index (χ4n) is 0.907. The van der Waals surface area contributed by atoms with Gasteiger partial charge < -0.3 is 9.84 Å². The average Bonchev–Trinajstić information content (AvgIpc) is 1.95. The Labute approximate surface area is 90.4 Å². The van der Waals surface area contributed by atoms with Crippen LogP contribution in [0.4, 0.5) is 0 Å². The van der Waals surface area contributed by atoms with Gasteiger partial charge in [-0.1, -0.05) is 0 Å². The molecule has 0 spiro atoms. The smallest absolute Gasteiger partial charge is 0.321 e. The summed E-state index contributed by atoms with van der Waals surface area (Å²) in [6, 6.07) is 0. The second kappa shape index (κ2) is 5.46. The van der Waals surface area contributed by atoms with Crippen molar-refractivity contribution in [1.29, 1.82) is 0 Å². The normalized spacial score (nSPS) is 12.5. The molecule has 0 amide bonds. The van der Waals surface area contributed by atoms with Gasteiger partial charge in [0.15, 0.2) is 9.84 Å². The number of aliphatic hydroxyl groups is 1. The summed E-state index contributed by atoms with van der Waals surface area (Å²) < 4.78 is 27.4. The SMILES string of the molecule is CC(C)(C)OC(=O)CS(=O)(=O)CCCO. The van der Waals surface area contributed by atoms with Crippen LogP contribution in [-0.4, -0.2) is 43.2 Å². The zero-order valence-electron chi connectivity index (χ0n) is 9.32. The topological polar surface area (TPSA) is 80.7 Å². The van der Waals surface area contributed by atoms with Gasteiger partial charge in [-0.3, -0.25) is 4.79 Å². The molecule has 0 aromatic heterocycles. The summed E-state index contributed by atoms with van der Waals surface area (Å²) in [6.45, 7) is 4.81. The van der Waals surface area contributed by atoms with Gasteiger partial charge in [0.1, 0.15) is 11.4 Å². The van der Waals surface area contributed by atoms with Crippen molar-refractivity contribution in [3.05, 3.63) is 0 Å². The third kappa shape index (κ3) is 8.38. The Balaban J connectivity index is 4.17. The molecular weight excluding hydrogens is 220 g/mol. The maximum absolute atomic E-state index is 11.3. The van der Waals surface area contributed by atoms with Crippen molar-refractivity contribution in [3.63, 3.8) is 0 Å². The molecule has 6 heteroatoms. The zero-order chi connectivity index (χ0) is 12.1. The van der Waals surface area contributed by atoms with Crippen LogP contribution in [0.1, 0.15) is 27.2 Å². The molecule has 0 radical (unpaired) electrons. The maximum atomic E-state index is 11.3. The molecule has 0 saturated heterocycles. The minimum atomic E-state index is -3.45. The Morgan fingerprint density at radius 2 is 1.87 bits per heavy atom. The Morgan fingerprint density at radius 1 is 1.33 bits per heavy atom. The van der Waals surface area contributed by atoms with Crippen LogP contribution in [-0.2, 0) is 19.4 Å². The van der Waals surface area contributed by atoms with Gasteiger partial charge >= 0.3 is 5.97 Å². The Morgan fingerprint density at radius 3 is 2.27 bits per heavy atom. The predicted molar refractivity (Wildman–Crippen MR) is 56.2 cm³/mol. The van der Waals surface area contributed by atoms with Gasteiger partial charge in [-0.25, -0.2) is 8.42 Å². The van der Waals surface area contributed by atoms with Gasteiger partial charge in [-0.05, 0) is 27.2 Å². The van der Waals surface area contributed by atoms with Crippen molar-refractivity contribution in [2.45, 2.75) is 32.8 Å². The van der Waals surface area contributed by atoms with E-state index in [2.05, 4.69) is 0 Å². The molecule has 0 heterocycles. The molecule has 5 nitrogen and oxygen atoms in total. The molecule has 0 unspecified atom stereocenters. The van der Waals surface area contributed by atoms with E-state index < -0.39 is 27.2 Å². The lowest BCUT2D eigenvalue weighted by Gasteiger charge is -2.19. The van der Waals surface area contributed by atoms with E-state index in [0.717, 1.165) is 0 Å².